The van der Waals surface area contributed by atoms with Crippen LogP contribution in [0, 0.1) is 0 Å². The van der Waals surface area contributed by atoms with Gasteiger partial charge in [0.1, 0.15) is 10.8 Å². The molecule has 21 heavy (non-hydrogen) atoms. The molecule has 0 saturated heterocycles. The SMILES string of the molecule is CCNc1cc(Sc2ccc(C(C)C)cc2)nc(SC)n1. The van der Waals surface area contributed by atoms with Crippen molar-refractivity contribution >= 4 is 29.3 Å². The maximum absolute atomic E-state index is 4.56. The summed E-state index contributed by atoms with van der Waals surface area (Å²) in [7, 11) is 0. The van der Waals surface area contributed by atoms with Gasteiger partial charge in [-0.1, -0.05) is 49.5 Å². The van der Waals surface area contributed by atoms with E-state index >= 15 is 0 Å². The van der Waals surface area contributed by atoms with Gasteiger partial charge in [0.15, 0.2) is 5.16 Å². The van der Waals surface area contributed by atoms with Gasteiger partial charge in [-0.15, -0.1) is 0 Å². The van der Waals surface area contributed by atoms with Gasteiger partial charge in [-0.25, -0.2) is 9.97 Å². The summed E-state index contributed by atoms with van der Waals surface area (Å²) >= 11 is 3.24. The lowest BCUT2D eigenvalue weighted by atomic mass is 10.0. The van der Waals surface area contributed by atoms with Crippen LogP contribution in [0.5, 0.6) is 0 Å². The first kappa shape index (κ1) is 16.2. The number of thioether (sulfide) groups is 1. The van der Waals surface area contributed by atoms with Gasteiger partial charge in [0.2, 0.25) is 0 Å². The summed E-state index contributed by atoms with van der Waals surface area (Å²) in [6, 6.07) is 10.7. The Bertz CT molecular complexity index is 583. The van der Waals surface area contributed by atoms with E-state index in [0.29, 0.717) is 5.92 Å². The fourth-order valence-electron chi connectivity index (χ4n) is 1.86. The second-order valence-electron chi connectivity index (χ2n) is 4.93. The van der Waals surface area contributed by atoms with Crippen molar-refractivity contribution in [2.24, 2.45) is 0 Å². The first-order chi connectivity index (χ1) is 10.1. The van der Waals surface area contributed by atoms with Gasteiger partial charge in [0.05, 0.1) is 0 Å². The van der Waals surface area contributed by atoms with Gasteiger partial charge in [0, 0.05) is 17.5 Å². The standard InChI is InChI=1S/C16H21N3S2/c1-5-17-14-10-15(19-16(18-14)20-4)21-13-8-6-12(7-9-13)11(2)3/h6-11H,5H2,1-4H3,(H,17,18,19). The van der Waals surface area contributed by atoms with Crippen molar-refractivity contribution in [3.63, 3.8) is 0 Å². The van der Waals surface area contributed by atoms with Crippen LogP contribution in [0.15, 0.2) is 45.4 Å². The molecule has 1 N–H and O–H groups in total. The first-order valence-corrected chi connectivity index (χ1v) is 9.11. The molecule has 1 aromatic carbocycles. The Morgan fingerprint density at radius 2 is 1.86 bits per heavy atom. The average molecular weight is 319 g/mol. The van der Waals surface area contributed by atoms with Crippen molar-refractivity contribution in [2.75, 3.05) is 18.1 Å². The third-order valence-corrected chi connectivity index (χ3v) is 4.47. The van der Waals surface area contributed by atoms with Crippen molar-refractivity contribution < 1.29 is 0 Å². The van der Waals surface area contributed by atoms with Crippen LogP contribution >= 0.6 is 23.5 Å². The first-order valence-electron chi connectivity index (χ1n) is 7.07. The van der Waals surface area contributed by atoms with Gasteiger partial charge in [-0.2, -0.15) is 0 Å². The number of hydrogen-bond donors (Lipinski definition) is 1. The number of nitrogens with zero attached hydrogens (tertiary/aromatic N) is 2. The molecular weight excluding hydrogens is 298 g/mol. The lowest BCUT2D eigenvalue weighted by molar-refractivity contribution is 0.864. The summed E-state index contributed by atoms with van der Waals surface area (Å²) in [5, 5.41) is 5.03. The largest absolute Gasteiger partial charge is 0.370 e. The summed E-state index contributed by atoms with van der Waals surface area (Å²) < 4.78 is 0. The van der Waals surface area contributed by atoms with Crippen molar-refractivity contribution in [3.05, 3.63) is 35.9 Å². The predicted molar refractivity (Wildman–Crippen MR) is 92.6 cm³/mol. The van der Waals surface area contributed by atoms with E-state index in [4.69, 9.17) is 0 Å². The second-order valence-corrected chi connectivity index (χ2v) is 6.80. The molecule has 0 saturated carbocycles. The quantitative estimate of drug-likeness (QED) is 0.465. The van der Waals surface area contributed by atoms with Crippen LogP contribution in [-0.4, -0.2) is 22.8 Å². The summed E-state index contributed by atoms with van der Waals surface area (Å²) in [5.74, 6) is 1.45. The molecule has 112 valence electrons. The molecule has 0 atom stereocenters. The smallest absolute Gasteiger partial charge is 0.190 e. The average Bonchev–Trinajstić information content (AvgIpc) is 2.48. The van der Waals surface area contributed by atoms with E-state index < -0.39 is 0 Å². The van der Waals surface area contributed by atoms with Crippen LogP contribution in [0.4, 0.5) is 5.82 Å². The highest BCUT2D eigenvalue weighted by Crippen LogP contribution is 2.30. The Hall–Kier alpha value is -1.20. The van der Waals surface area contributed by atoms with E-state index in [2.05, 4.69) is 60.3 Å². The van der Waals surface area contributed by atoms with Gasteiger partial charge < -0.3 is 5.32 Å². The van der Waals surface area contributed by atoms with E-state index in [1.165, 1.54) is 10.5 Å². The molecule has 2 aromatic rings. The molecule has 0 radical (unpaired) electrons. The minimum absolute atomic E-state index is 0.562. The molecule has 0 unspecified atom stereocenters. The van der Waals surface area contributed by atoms with Crippen LogP contribution in [0.3, 0.4) is 0 Å². The Kier molecular flexibility index (Phi) is 5.94. The van der Waals surface area contributed by atoms with Crippen LogP contribution in [0.1, 0.15) is 32.3 Å². The minimum Gasteiger partial charge on any atom is -0.370 e. The Morgan fingerprint density at radius 1 is 1.14 bits per heavy atom. The second kappa shape index (κ2) is 7.71. The molecule has 3 nitrogen and oxygen atoms in total. The predicted octanol–water partition coefficient (Wildman–Crippen LogP) is 4.90. The Balaban J connectivity index is 2.19. The number of aromatic nitrogens is 2. The summed E-state index contributed by atoms with van der Waals surface area (Å²) in [5.41, 5.74) is 1.36. The zero-order valence-electron chi connectivity index (χ0n) is 12.9. The molecule has 2 rings (SSSR count). The number of anilines is 1. The minimum atomic E-state index is 0.562. The van der Waals surface area contributed by atoms with Crippen LogP contribution < -0.4 is 5.32 Å². The third-order valence-electron chi connectivity index (χ3n) is 2.99. The summed E-state index contributed by atoms with van der Waals surface area (Å²) in [6.07, 6.45) is 2.00. The molecule has 0 spiro atoms. The molecule has 0 amide bonds. The number of rotatable bonds is 6. The zero-order valence-corrected chi connectivity index (χ0v) is 14.5. The molecule has 0 aliphatic heterocycles. The van der Waals surface area contributed by atoms with E-state index in [0.717, 1.165) is 22.5 Å². The van der Waals surface area contributed by atoms with E-state index in [9.17, 15) is 0 Å². The van der Waals surface area contributed by atoms with E-state index in [1.807, 2.05) is 12.3 Å². The van der Waals surface area contributed by atoms with Crippen molar-refractivity contribution in [1.82, 2.24) is 9.97 Å². The molecule has 1 heterocycles. The molecule has 1 aromatic heterocycles. The van der Waals surface area contributed by atoms with E-state index in [1.54, 1.807) is 23.5 Å². The number of hydrogen-bond acceptors (Lipinski definition) is 5. The highest BCUT2D eigenvalue weighted by atomic mass is 32.2. The normalized spacial score (nSPS) is 10.9. The highest BCUT2D eigenvalue weighted by molar-refractivity contribution is 7.99. The van der Waals surface area contributed by atoms with Crippen LogP contribution in [-0.2, 0) is 0 Å². The lowest BCUT2D eigenvalue weighted by Crippen LogP contribution is -2.01. The van der Waals surface area contributed by atoms with Gasteiger partial charge in [-0.05, 0) is 36.8 Å². The summed E-state index contributed by atoms with van der Waals surface area (Å²) in [6.45, 7) is 7.34. The fraction of sp³-hybridized carbons (Fsp3) is 0.375. The van der Waals surface area contributed by atoms with E-state index in [-0.39, 0.29) is 0 Å². The molecule has 0 aliphatic carbocycles. The Morgan fingerprint density at radius 3 is 2.43 bits per heavy atom. The lowest BCUT2D eigenvalue weighted by Gasteiger charge is -2.09. The molecule has 5 heteroatoms. The monoisotopic (exact) mass is 319 g/mol. The van der Waals surface area contributed by atoms with Gasteiger partial charge in [-0.3, -0.25) is 0 Å². The topological polar surface area (TPSA) is 37.8 Å². The maximum Gasteiger partial charge on any atom is 0.190 e. The van der Waals surface area contributed by atoms with Crippen molar-refractivity contribution in [3.8, 4) is 0 Å². The third kappa shape index (κ3) is 4.64. The zero-order chi connectivity index (χ0) is 15.2. The highest BCUT2D eigenvalue weighted by Gasteiger charge is 2.06. The number of nitrogens with one attached hydrogen (secondary N) is 1. The maximum atomic E-state index is 4.56. The van der Waals surface area contributed by atoms with Gasteiger partial charge in [0.25, 0.3) is 0 Å². The summed E-state index contributed by atoms with van der Waals surface area (Å²) in [4.78, 5) is 10.2. The molecule has 0 bridgehead atoms. The molecular formula is C16H21N3S2. The van der Waals surface area contributed by atoms with Crippen molar-refractivity contribution in [1.29, 1.82) is 0 Å². The van der Waals surface area contributed by atoms with Crippen LogP contribution in [0.2, 0.25) is 0 Å². The molecule has 0 fully saturated rings. The number of benzene rings is 1. The fourth-order valence-corrected chi connectivity index (χ4v) is 3.11. The molecule has 0 aliphatic rings. The van der Waals surface area contributed by atoms with Gasteiger partial charge >= 0.3 is 0 Å². The van der Waals surface area contributed by atoms with Crippen molar-refractivity contribution in [2.45, 2.75) is 41.8 Å². The Labute approximate surface area is 135 Å². The van der Waals surface area contributed by atoms with Crippen LogP contribution in [0.25, 0.3) is 0 Å².